The summed E-state index contributed by atoms with van der Waals surface area (Å²) >= 11 is 0. The van der Waals surface area contributed by atoms with E-state index in [0.717, 1.165) is 9.80 Å². The number of amides is 4. The van der Waals surface area contributed by atoms with Gasteiger partial charge in [0.05, 0.1) is 7.11 Å². The first-order chi connectivity index (χ1) is 7.90. The summed E-state index contributed by atoms with van der Waals surface area (Å²) in [6, 6.07) is -0.700. The third kappa shape index (κ3) is 2.32. The zero-order chi connectivity index (χ0) is 13.2. The van der Waals surface area contributed by atoms with E-state index in [1.807, 2.05) is 0 Å². The summed E-state index contributed by atoms with van der Waals surface area (Å²) in [5.74, 6) is -2.32. The molecule has 0 aromatic carbocycles. The Labute approximate surface area is 97.6 Å². The van der Waals surface area contributed by atoms with Gasteiger partial charge in [0.15, 0.2) is 0 Å². The number of carbonyl (C=O) groups excluding carboxylic acids is 4. The average molecular weight is 240 g/mol. The molecule has 0 radical (unpaired) electrons. The third-order valence-electron chi connectivity index (χ3n) is 2.34. The van der Waals surface area contributed by atoms with Crippen molar-refractivity contribution in [3.8, 4) is 0 Å². The lowest BCUT2D eigenvalue weighted by atomic mass is 10.3. The highest BCUT2D eigenvalue weighted by atomic mass is 16.5. The molecule has 7 heteroatoms. The molecule has 7 nitrogen and oxygen atoms in total. The van der Waals surface area contributed by atoms with Gasteiger partial charge in [-0.05, 0) is 6.92 Å². The second-order valence-corrected chi connectivity index (χ2v) is 3.44. The van der Waals surface area contributed by atoms with Crippen LogP contribution in [0.25, 0.3) is 0 Å². The maximum Gasteiger partial charge on any atom is 0.334 e. The topological polar surface area (TPSA) is 84.0 Å². The molecular formula is C10H12N2O5. The van der Waals surface area contributed by atoms with Crippen LogP contribution >= 0.6 is 0 Å². The van der Waals surface area contributed by atoms with Crippen molar-refractivity contribution in [3.63, 3.8) is 0 Å². The van der Waals surface area contributed by atoms with E-state index in [9.17, 15) is 19.2 Å². The molecule has 4 amide bonds. The summed E-state index contributed by atoms with van der Waals surface area (Å²) in [7, 11) is 2.45. The number of ether oxygens (including phenoxy) is 1. The van der Waals surface area contributed by atoms with E-state index in [1.54, 1.807) is 0 Å². The van der Waals surface area contributed by atoms with Gasteiger partial charge in [-0.25, -0.2) is 9.59 Å². The Morgan fingerprint density at radius 2 is 1.88 bits per heavy atom. The lowest BCUT2D eigenvalue weighted by molar-refractivity contribution is -0.142. The SMILES string of the molecule is COC(=O)C(C)=CCN1C(=O)C(=O)N(C)C1=O. The number of methoxy groups -OCH3 is 1. The molecule has 1 rings (SSSR count). The fraction of sp³-hybridized carbons (Fsp3) is 0.400. The molecule has 1 heterocycles. The molecule has 0 aliphatic carbocycles. The highest BCUT2D eigenvalue weighted by Gasteiger charge is 2.41. The molecule has 1 saturated heterocycles. The van der Waals surface area contributed by atoms with E-state index in [0.29, 0.717) is 0 Å². The summed E-state index contributed by atoms with van der Waals surface area (Å²) in [6.45, 7) is 1.36. The monoisotopic (exact) mass is 240 g/mol. The van der Waals surface area contributed by atoms with Crippen LogP contribution in [0.1, 0.15) is 6.92 Å². The van der Waals surface area contributed by atoms with E-state index in [-0.39, 0.29) is 12.1 Å². The summed E-state index contributed by atoms with van der Waals surface area (Å²) < 4.78 is 4.45. The standard InChI is InChI=1S/C10H12N2O5/c1-6(9(15)17-3)4-5-12-8(14)7(13)11(2)10(12)16/h4H,5H2,1-3H3. The summed E-state index contributed by atoms with van der Waals surface area (Å²) in [6.07, 6.45) is 1.36. The number of urea groups is 1. The quantitative estimate of drug-likeness (QED) is 0.288. The van der Waals surface area contributed by atoms with Crippen LogP contribution in [-0.4, -0.2) is 54.3 Å². The van der Waals surface area contributed by atoms with Crippen molar-refractivity contribution < 1.29 is 23.9 Å². The first-order valence-corrected chi connectivity index (χ1v) is 4.78. The van der Waals surface area contributed by atoms with Crippen LogP contribution in [0.5, 0.6) is 0 Å². The molecule has 1 fully saturated rings. The first kappa shape index (κ1) is 12.9. The van der Waals surface area contributed by atoms with Gasteiger partial charge in [0.25, 0.3) is 0 Å². The lowest BCUT2D eigenvalue weighted by Gasteiger charge is -2.10. The van der Waals surface area contributed by atoms with Crippen molar-refractivity contribution in [3.05, 3.63) is 11.6 Å². The zero-order valence-corrected chi connectivity index (χ0v) is 9.72. The molecule has 1 aliphatic rings. The minimum atomic E-state index is -0.897. The number of hydrogen-bond acceptors (Lipinski definition) is 5. The van der Waals surface area contributed by atoms with E-state index < -0.39 is 23.8 Å². The molecule has 0 saturated carbocycles. The number of rotatable bonds is 3. The van der Waals surface area contributed by atoms with E-state index in [1.165, 1.54) is 27.2 Å². The minimum absolute atomic E-state index is 0.130. The average Bonchev–Trinajstić information content (AvgIpc) is 2.50. The van der Waals surface area contributed by atoms with Crippen LogP contribution in [0.4, 0.5) is 4.79 Å². The van der Waals surface area contributed by atoms with Crippen molar-refractivity contribution in [1.82, 2.24) is 9.80 Å². The normalized spacial score (nSPS) is 16.9. The van der Waals surface area contributed by atoms with Crippen molar-refractivity contribution in [2.45, 2.75) is 6.92 Å². The van der Waals surface area contributed by atoms with Crippen LogP contribution in [-0.2, 0) is 19.1 Å². The fourth-order valence-corrected chi connectivity index (χ4v) is 1.25. The molecule has 0 atom stereocenters. The van der Waals surface area contributed by atoms with Crippen molar-refractivity contribution >= 4 is 23.8 Å². The van der Waals surface area contributed by atoms with Crippen molar-refractivity contribution in [2.75, 3.05) is 20.7 Å². The number of hydrogen-bond donors (Lipinski definition) is 0. The third-order valence-corrected chi connectivity index (χ3v) is 2.34. The fourth-order valence-electron chi connectivity index (χ4n) is 1.25. The predicted octanol–water partition coefficient (Wildman–Crippen LogP) is -0.474. The van der Waals surface area contributed by atoms with Gasteiger partial charge in [0, 0.05) is 19.2 Å². The van der Waals surface area contributed by atoms with Crippen molar-refractivity contribution in [2.24, 2.45) is 0 Å². The minimum Gasteiger partial charge on any atom is -0.466 e. The number of nitrogens with zero attached hydrogens (tertiary/aromatic N) is 2. The van der Waals surface area contributed by atoms with Gasteiger partial charge in [-0.1, -0.05) is 6.08 Å². The smallest absolute Gasteiger partial charge is 0.334 e. The molecule has 0 aromatic heterocycles. The maximum absolute atomic E-state index is 11.4. The van der Waals surface area contributed by atoms with Crippen LogP contribution < -0.4 is 0 Å². The second-order valence-electron chi connectivity index (χ2n) is 3.44. The Morgan fingerprint density at radius 3 is 2.29 bits per heavy atom. The van der Waals surface area contributed by atoms with Gasteiger partial charge in [-0.15, -0.1) is 0 Å². The summed E-state index contributed by atoms with van der Waals surface area (Å²) in [5.41, 5.74) is 0.259. The number of carbonyl (C=O) groups is 4. The van der Waals surface area contributed by atoms with Gasteiger partial charge in [-0.2, -0.15) is 0 Å². The summed E-state index contributed by atoms with van der Waals surface area (Å²) in [4.78, 5) is 46.5. The van der Waals surface area contributed by atoms with Gasteiger partial charge < -0.3 is 4.74 Å². The van der Waals surface area contributed by atoms with Crippen LogP contribution in [0.15, 0.2) is 11.6 Å². The van der Waals surface area contributed by atoms with Gasteiger partial charge in [-0.3, -0.25) is 19.4 Å². The molecule has 0 aromatic rings. The molecular weight excluding hydrogens is 228 g/mol. The Balaban J connectivity index is 2.77. The molecule has 92 valence electrons. The lowest BCUT2D eigenvalue weighted by Crippen LogP contribution is -2.32. The van der Waals surface area contributed by atoms with Crippen LogP contribution in [0.3, 0.4) is 0 Å². The molecule has 17 heavy (non-hydrogen) atoms. The molecule has 0 bridgehead atoms. The Morgan fingerprint density at radius 1 is 1.29 bits per heavy atom. The molecule has 0 unspecified atom stereocenters. The summed E-state index contributed by atoms with van der Waals surface area (Å²) in [5, 5.41) is 0. The molecule has 1 aliphatic heterocycles. The van der Waals surface area contributed by atoms with Crippen LogP contribution in [0.2, 0.25) is 0 Å². The highest BCUT2D eigenvalue weighted by Crippen LogP contribution is 2.10. The maximum atomic E-state index is 11.4. The van der Waals surface area contributed by atoms with E-state index in [4.69, 9.17) is 0 Å². The van der Waals surface area contributed by atoms with E-state index >= 15 is 0 Å². The number of imide groups is 2. The van der Waals surface area contributed by atoms with Crippen molar-refractivity contribution in [1.29, 1.82) is 0 Å². The Kier molecular flexibility index (Phi) is 3.62. The van der Waals surface area contributed by atoms with E-state index in [2.05, 4.69) is 4.74 Å². The first-order valence-electron chi connectivity index (χ1n) is 4.78. The Hall–Kier alpha value is -2.18. The molecule has 0 spiro atoms. The highest BCUT2D eigenvalue weighted by molar-refractivity contribution is 6.44. The van der Waals surface area contributed by atoms with Gasteiger partial charge in [0.1, 0.15) is 0 Å². The van der Waals surface area contributed by atoms with Gasteiger partial charge >= 0.3 is 23.8 Å². The van der Waals surface area contributed by atoms with Crippen LogP contribution in [0, 0.1) is 0 Å². The van der Waals surface area contributed by atoms with Gasteiger partial charge in [0.2, 0.25) is 0 Å². The second kappa shape index (κ2) is 4.77. The number of esters is 1. The zero-order valence-electron chi connectivity index (χ0n) is 9.72. The predicted molar refractivity (Wildman–Crippen MR) is 55.7 cm³/mol. The number of likely N-dealkylation sites (N-methyl/N-ethyl adjacent to an activating group) is 1. The Bertz CT molecular complexity index is 426. The molecule has 0 N–H and O–H groups in total. The largest absolute Gasteiger partial charge is 0.466 e.